The molecule has 0 radical (unpaired) electrons. The Hall–Kier alpha value is -1.20. The molecule has 0 aliphatic rings. The van der Waals surface area contributed by atoms with Gasteiger partial charge in [0, 0.05) is 11.5 Å². The van der Waals surface area contributed by atoms with Gasteiger partial charge in [0.05, 0.1) is 7.11 Å². The SMILES string of the molecule is COc1ccc(CSCC(N)C(=O)O)cc1. The molecule has 4 nitrogen and oxygen atoms in total. The van der Waals surface area contributed by atoms with Crippen LogP contribution < -0.4 is 10.5 Å². The van der Waals surface area contributed by atoms with Crippen LogP contribution in [0.4, 0.5) is 0 Å². The van der Waals surface area contributed by atoms with Crippen LogP contribution in [0.15, 0.2) is 24.3 Å². The van der Waals surface area contributed by atoms with Gasteiger partial charge in [0.1, 0.15) is 11.8 Å². The van der Waals surface area contributed by atoms with E-state index in [4.69, 9.17) is 15.6 Å². The van der Waals surface area contributed by atoms with Gasteiger partial charge < -0.3 is 15.6 Å². The van der Waals surface area contributed by atoms with Gasteiger partial charge in [-0.1, -0.05) is 12.1 Å². The Morgan fingerprint density at radius 2 is 2.12 bits per heavy atom. The first-order chi connectivity index (χ1) is 7.63. The molecule has 0 saturated heterocycles. The van der Waals surface area contributed by atoms with Gasteiger partial charge in [-0.25, -0.2) is 0 Å². The van der Waals surface area contributed by atoms with Crippen LogP contribution in [0.3, 0.4) is 0 Å². The molecule has 3 N–H and O–H groups in total. The number of thioether (sulfide) groups is 1. The smallest absolute Gasteiger partial charge is 0.321 e. The summed E-state index contributed by atoms with van der Waals surface area (Å²) in [7, 11) is 1.62. The van der Waals surface area contributed by atoms with Crippen molar-refractivity contribution in [2.24, 2.45) is 5.73 Å². The van der Waals surface area contributed by atoms with Crippen LogP contribution >= 0.6 is 11.8 Å². The maximum Gasteiger partial charge on any atom is 0.321 e. The lowest BCUT2D eigenvalue weighted by Gasteiger charge is -2.06. The summed E-state index contributed by atoms with van der Waals surface area (Å²) in [5.74, 6) is 1.03. The van der Waals surface area contributed by atoms with E-state index in [1.807, 2.05) is 24.3 Å². The summed E-state index contributed by atoms with van der Waals surface area (Å²) in [4.78, 5) is 10.5. The van der Waals surface area contributed by atoms with Crippen molar-refractivity contribution in [3.05, 3.63) is 29.8 Å². The van der Waals surface area contributed by atoms with Crippen LogP contribution in [0, 0.1) is 0 Å². The number of nitrogens with two attached hydrogens (primary N) is 1. The number of carbonyl (C=O) groups is 1. The average molecular weight is 241 g/mol. The van der Waals surface area contributed by atoms with Gasteiger partial charge in [-0.3, -0.25) is 4.79 Å². The van der Waals surface area contributed by atoms with E-state index < -0.39 is 12.0 Å². The molecular weight excluding hydrogens is 226 g/mol. The number of carboxylic acid groups (broad SMARTS) is 1. The third-order valence-corrected chi connectivity index (χ3v) is 3.17. The number of carboxylic acids is 1. The number of aliphatic carboxylic acids is 1. The van der Waals surface area contributed by atoms with Gasteiger partial charge in [0.2, 0.25) is 0 Å². The molecule has 1 rings (SSSR count). The van der Waals surface area contributed by atoms with Crippen LogP contribution in [0.2, 0.25) is 0 Å². The zero-order valence-corrected chi connectivity index (χ0v) is 9.87. The minimum atomic E-state index is -0.956. The largest absolute Gasteiger partial charge is 0.497 e. The standard InChI is InChI=1S/C11H15NO3S/c1-15-9-4-2-8(3-5-9)6-16-7-10(12)11(13)14/h2-5,10H,6-7,12H2,1H3,(H,13,14). The molecule has 1 atom stereocenters. The molecular formula is C11H15NO3S. The molecule has 1 unspecified atom stereocenters. The Balaban J connectivity index is 2.34. The van der Waals surface area contributed by atoms with Crippen LogP contribution in [0.1, 0.15) is 5.56 Å². The molecule has 16 heavy (non-hydrogen) atoms. The molecule has 0 heterocycles. The Kier molecular flexibility index (Phi) is 5.14. The number of benzene rings is 1. The maximum absolute atomic E-state index is 10.5. The average Bonchev–Trinajstić information content (AvgIpc) is 2.29. The van der Waals surface area contributed by atoms with Crippen molar-refractivity contribution < 1.29 is 14.6 Å². The van der Waals surface area contributed by atoms with E-state index in [9.17, 15) is 4.79 Å². The van der Waals surface area contributed by atoms with E-state index >= 15 is 0 Å². The fourth-order valence-electron chi connectivity index (χ4n) is 1.10. The van der Waals surface area contributed by atoms with Crippen molar-refractivity contribution in [3.8, 4) is 5.75 Å². The van der Waals surface area contributed by atoms with E-state index in [-0.39, 0.29) is 0 Å². The maximum atomic E-state index is 10.5. The number of hydrogen-bond acceptors (Lipinski definition) is 4. The molecule has 1 aromatic carbocycles. The summed E-state index contributed by atoms with van der Waals surface area (Å²) in [6.45, 7) is 0. The quantitative estimate of drug-likeness (QED) is 0.786. The summed E-state index contributed by atoms with van der Waals surface area (Å²) >= 11 is 1.51. The number of rotatable bonds is 6. The summed E-state index contributed by atoms with van der Waals surface area (Å²) in [5.41, 5.74) is 6.51. The van der Waals surface area contributed by atoms with Gasteiger partial charge in [-0.2, -0.15) is 11.8 Å². The molecule has 88 valence electrons. The summed E-state index contributed by atoms with van der Waals surface area (Å²) in [6.07, 6.45) is 0. The topological polar surface area (TPSA) is 72.5 Å². The van der Waals surface area contributed by atoms with Crippen LogP contribution in [-0.2, 0) is 10.5 Å². The molecule has 0 fully saturated rings. The molecule has 0 aliphatic carbocycles. The normalized spacial score (nSPS) is 12.1. The molecule has 1 aromatic rings. The van der Waals surface area contributed by atoms with Crippen molar-refractivity contribution >= 4 is 17.7 Å². The van der Waals surface area contributed by atoms with Crippen LogP contribution in [0.5, 0.6) is 5.75 Å². The van der Waals surface area contributed by atoms with Crippen LogP contribution in [-0.4, -0.2) is 30.0 Å². The molecule has 0 bridgehead atoms. The molecule has 5 heteroatoms. The lowest BCUT2D eigenvalue weighted by molar-refractivity contribution is -0.137. The van der Waals surface area contributed by atoms with Crippen LogP contribution in [0.25, 0.3) is 0 Å². The highest BCUT2D eigenvalue weighted by molar-refractivity contribution is 7.98. The van der Waals surface area contributed by atoms with E-state index in [1.165, 1.54) is 11.8 Å². The number of hydrogen-bond donors (Lipinski definition) is 2. The third-order valence-electron chi connectivity index (χ3n) is 2.04. The Morgan fingerprint density at radius 3 is 2.62 bits per heavy atom. The first-order valence-electron chi connectivity index (χ1n) is 4.82. The Morgan fingerprint density at radius 1 is 1.50 bits per heavy atom. The van der Waals surface area contributed by atoms with E-state index in [1.54, 1.807) is 7.11 Å². The lowest BCUT2D eigenvalue weighted by Crippen LogP contribution is -2.32. The van der Waals surface area contributed by atoms with Gasteiger partial charge in [-0.15, -0.1) is 0 Å². The highest BCUT2D eigenvalue weighted by Gasteiger charge is 2.10. The highest BCUT2D eigenvalue weighted by Crippen LogP contribution is 2.16. The first-order valence-corrected chi connectivity index (χ1v) is 5.98. The van der Waals surface area contributed by atoms with E-state index in [0.717, 1.165) is 17.1 Å². The molecule has 0 spiro atoms. The fraction of sp³-hybridized carbons (Fsp3) is 0.364. The summed E-state index contributed by atoms with van der Waals surface area (Å²) in [5, 5.41) is 8.59. The summed E-state index contributed by atoms with van der Waals surface area (Å²) < 4.78 is 5.04. The minimum absolute atomic E-state index is 0.418. The zero-order valence-electron chi connectivity index (χ0n) is 9.05. The van der Waals surface area contributed by atoms with Crippen molar-refractivity contribution in [2.75, 3.05) is 12.9 Å². The Labute approximate surface area is 98.8 Å². The third kappa shape index (κ3) is 4.12. The fourth-order valence-corrected chi connectivity index (χ4v) is 2.04. The molecule has 0 aromatic heterocycles. The molecule has 0 saturated carbocycles. The monoisotopic (exact) mass is 241 g/mol. The second-order valence-electron chi connectivity index (χ2n) is 3.31. The highest BCUT2D eigenvalue weighted by atomic mass is 32.2. The predicted octanol–water partition coefficient (Wildman–Crippen LogP) is 1.34. The number of methoxy groups -OCH3 is 1. The van der Waals surface area contributed by atoms with Gasteiger partial charge in [0.25, 0.3) is 0 Å². The minimum Gasteiger partial charge on any atom is -0.497 e. The zero-order chi connectivity index (χ0) is 12.0. The first kappa shape index (κ1) is 12.9. The molecule has 0 aliphatic heterocycles. The van der Waals surface area contributed by atoms with Crippen molar-refractivity contribution in [3.63, 3.8) is 0 Å². The van der Waals surface area contributed by atoms with Gasteiger partial charge in [0.15, 0.2) is 0 Å². The second kappa shape index (κ2) is 6.40. The summed E-state index contributed by atoms with van der Waals surface area (Å²) in [6, 6.07) is 6.89. The van der Waals surface area contributed by atoms with Gasteiger partial charge >= 0.3 is 5.97 Å². The van der Waals surface area contributed by atoms with Crippen molar-refractivity contribution in [1.82, 2.24) is 0 Å². The predicted molar refractivity (Wildman–Crippen MR) is 64.8 cm³/mol. The van der Waals surface area contributed by atoms with Gasteiger partial charge in [-0.05, 0) is 17.7 Å². The second-order valence-corrected chi connectivity index (χ2v) is 4.34. The molecule has 0 amide bonds. The van der Waals surface area contributed by atoms with Crippen molar-refractivity contribution in [1.29, 1.82) is 0 Å². The number of ether oxygens (including phenoxy) is 1. The lowest BCUT2D eigenvalue weighted by atomic mass is 10.2. The Bertz CT molecular complexity index is 340. The van der Waals surface area contributed by atoms with E-state index in [0.29, 0.717) is 5.75 Å². The van der Waals surface area contributed by atoms with Crippen molar-refractivity contribution in [2.45, 2.75) is 11.8 Å². The van der Waals surface area contributed by atoms with E-state index in [2.05, 4.69) is 0 Å².